The molecule has 1 N–H and O–H groups in total. The average Bonchev–Trinajstić information content (AvgIpc) is 2.80. The summed E-state index contributed by atoms with van der Waals surface area (Å²) in [5.41, 5.74) is 0.476. The Balaban J connectivity index is 1.77. The minimum Gasteiger partial charge on any atom is -0.462 e. The van der Waals surface area contributed by atoms with E-state index in [0.29, 0.717) is 35.2 Å². The lowest BCUT2D eigenvalue weighted by Crippen LogP contribution is -2.68. The van der Waals surface area contributed by atoms with E-state index in [-0.39, 0.29) is 34.6 Å². The number of hydrogen-bond acceptors (Lipinski definition) is 4. The van der Waals surface area contributed by atoms with Crippen molar-refractivity contribution < 1.29 is 19.4 Å². The minimum atomic E-state index is -0.896. The van der Waals surface area contributed by atoms with Crippen LogP contribution in [-0.4, -0.2) is 29.1 Å². The lowest BCUT2D eigenvalue weighted by molar-refractivity contribution is -0.249. The van der Waals surface area contributed by atoms with Crippen LogP contribution < -0.4 is 0 Å². The van der Waals surface area contributed by atoms with E-state index in [1.165, 1.54) is 32.1 Å². The molecule has 0 aromatic carbocycles. The quantitative estimate of drug-likeness (QED) is 0.389. The molecular formula is C32H52O4. The Morgan fingerprint density at radius 1 is 1.06 bits per heavy atom. The number of Topliss-reactive ketones (excluding diaryl/α,β-unsaturated/α-hetero) is 1. The molecule has 0 aromatic rings. The Kier molecular flexibility index (Phi) is 7.39. The number of ketones is 1. The van der Waals surface area contributed by atoms with E-state index < -0.39 is 11.5 Å². The van der Waals surface area contributed by atoms with Crippen LogP contribution in [0.5, 0.6) is 0 Å². The molecule has 0 saturated heterocycles. The molecule has 3 fully saturated rings. The minimum absolute atomic E-state index is 0.0482. The zero-order chi connectivity index (χ0) is 26.7. The van der Waals surface area contributed by atoms with E-state index >= 15 is 0 Å². The summed E-state index contributed by atoms with van der Waals surface area (Å²) in [6, 6.07) is 0. The molecule has 4 heteroatoms. The second kappa shape index (κ2) is 9.54. The summed E-state index contributed by atoms with van der Waals surface area (Å²) in [6.45, 7) is 17.8. The van der Waals surface area contributed by atoms with Crippen molar-refractivity contribution in [2.45, 2.75) is 132 Å². The van der Waals surface area contributed by atoms with Gasteiger partial charge in [0, 0.05) is 17.4 Å². The molecule has 4 rings (SSSR count). The van der Waals surface area contributed by atoms with E-state index in [1.54, 1.807) is 6.92 Å². The Hall–Kier alpha value is -1.16. The Morgan fingerprint density at radius 3 is 2.33 bits per heavy atom. The van der Waals surface area contributed by atoms with Crippen LogP contribution in [0.2, 0.25) is 0 Å². The summed E-state index contributed by atoms with van der Waals surface area (Å²) in [4.78, 5) is 25.6. The summed E-state index contributed by atoms with van der Waals surface area (Å²) in [6.07, 6.45) is 11.0. The first-order chi connectivity index (χ1) is 16.7. The lowest BCUT2D eigenvalue weighted by atomic mass is 9.35. The van der Waals surface area contributed by atoms with Crippen LogP contribution >= 0.6 is 0 Å². The third-order valence-corrected chi connectivity index (χ3v) is 12.2. The molecule has 4 aliphatic carbocycles. The van der Waals surface area contributed by atoms with Crippen LogP contribution in [0.3, 0.4) is 0 Å². The van der Waals surface area contributed by atoms with E-state index in [0.717, 1.165) is 25.7 Å². The van der Waals surface area contributed by atoms with Crippen molar-refractivity contribution in [3.63, 3.8) is 0 Å². The molecule has 4 nitrogen and oxygen atoms in total. The number of carbonyl (C=O) groups excluding carboxylic acids is 2. The zero-order valence-electron chi connectivity index (χ0n) is 24.3. The molecule has 3 saturated carbocycles. The number of aliphatic hydroxyl groups is 1. The summed E-state index contributed by atoms with van der Waals surface area (Å²) in [5, 5.41) is 11.7. The van der Waals surface area contributed by atoms with Gasteiger partial charge in [0.25, 0.3) is 0 Å². The molecule has 204 valence electrons. The van der Waals surface area contributed by atoms with Crippen molar-refractivity contribution in [3.05, 3.63) is 11.6 Å². The standard InChI is InChI=1S/C32H52O4/c1-9-29(5)16-10-17-30(6)23(29)15-18-31(7)24-13-12-22(21(4)33)28(35)32(24,8)26(19-25(30)31)36-27(34)14-11-20(2)3/h12,20,23-26,28,35H,9-11,13-19H2,1-8H3/t23-,24-,25+,26-,28-,29-,30-,31-,32+/m0/s1. The van der Waals surface area contributed by atoms with Crippen LogP contribution in [0.4, 0.5) is 0 Å². The molecule has 0 amide bonds. The molecule has 0 radical (unpaired) electrons. The second-order valence-electron chi connectivity index (χ2n) is 14.4. The number of aliphatic hydroxyl groups excluding tert-OH is 1. The van der Waals surface area contributed by atoms with Crippen molar-refractivity contribution in [1.82, 2.24) is 0 Å². The van der Waals surface area contributed by atoms with Gasteiger partial charge in [-0.3, -0.25) is 9.59 Å². The largest absolute Gasteiger partial charge is 0.462 e. The van der Waals surface area contributed by atoms with Gasteiger partial charge in [0.15, 0.2) is 5.78 Å². The second-order valence-corrected chi connectivity index (χ2v) is 14.4. The number of esters is 1. The fraction of sp³-hybridized carbons (Fsp3) is 0.875. The predicted octanol–water partition coefficient (Wildman–Crippen LogP) is 7.28. The first kappa shape index (κ1) is 27.9. The topological polar surface area (TPSA) is 63.6 Å². The molecule has 0 bridgehead atoms. The highest BCUT2D eigenvalue weighted by Crippen LogP contribution is 2.73. The van der Waals surface area contributed by atoms with E-state index in [9.17, 15) is 14.7 Å². The van der Waals surface area contributed by atoms with Gasteiger partial charge in [0.05, 0.1) is 6.10 Å². The molecule has 36 heavy (non-hydrogen) atoms. The maximum absolute atomic E-state index is 13.1. The van der Waals surface area contributed by atoms with E-state index in [2.05, 4.69) is 48.5 Å². The SMILES string of the molecule is CC[C@@]1(C)CCC[C@]2(C)[C@H]3C[C@H](OC(=O)CCC(C)C)[C@]4(C)[C@@H](O)C(C(C)=O)=CC[C@H]4[C@]3(C)CC[C@@H]12. The van der Waals surface area contributed by atoms with Gasteiger partial charge in [0.2, 0.25) is 0 Å². The summed E-state index contributed by atoms with van der Waals surface area (Å²) in [7, 11) is 0. The van der Waals surface area contributed by atoms with Gasteiger partial charge in [-0.15, -0.1) is 0 Å². The molecule has 0 spiro atoms. The van der Waals surface area contributed by atoms with Gasteiger partial charge in [-0.05, 0) is 91.8 Å². The van der Waals surface area contributed by atoms with Crippen molar-refractivity contribution >= 4 is 11.8 Å². The first-order valence-corrected chi connectivity index (χ1v) is 14.8. The van der Waals surface area contributed by atoms with Gasteiger partial charge >= 0.3 is 5.97 Å². The summed E-state index contributed by atoms with van der Waals surface area (Å²) >= 11 is 0. The molecule has 9 atom stereocenters. The molecule has 0 unspecified atom stereocenters. The Labute approximate surface area is 220 Å². The summed E-state index contributed by atoms with van der Waals surface area (Å²) < 4.78 is 6.37. The monoisotopic (exact) mass is 500 g/mol. The Morgan fingerprint density at radius 2 is 1.72 bits per heavy atom. The zero-order valence-corrected chi connectivity index (χ0v) is 24.3. The fourth-order valence-corrected chi connectivity index (χ4v) is 9.99. The third-order valence-electron chi connectivity index (χ3n) is 12.2. The van der Waals surface area contributed by atoms with Crippen molar-refractivity contribution in [1.29, 1.82) is 0 Å². The Bertz CT molecular complexity index is 906. The molecule has 4 aliphatic rings. The van der Waals surface area contributed by atoms with Crippen molar-refractivity contribution in [3.8, 4) is 0 Å². The maximum atomic E-state index is 13.1. The summed E-state index contributed by atoms with van der Waals surface area (Å²) in [5.74, 6) is 1.52. The molecule has 0 aromatic heterocycles. The van der Waals surface area contributed by atoms with E-state index in [4.69, 9.17) is 4.74 Å². The highest BCUT2D eigenvalue weighted by Gasteiger charge is 2.69. The predicted molar refractivity (Wildman–Crippen MR) is 144 cm³/mol. The van der Waals surface area contributed by atoms with Crippen LogP contribution in [0, 0.1) is 45.3 Å². The first-order valence-electron chi connectivity index (χ1n) is 14.8. The van der Waals surface area contributed by atoms with Gasteiger partial charge in [0.1, 0.15) is 6.10 Å². The number of fused-ring (bicyclic) bond motifs is 5. The smallest absolute Gasteiger partial charge is 0.306 e. The highest BCUT2D eigenvalue weighted by atomic mass is 16.5. The van der Waals surface area contributed by atoms with Gasteiger partial charge < -0.3 is 9.84 Å². The molecule has 0 heterocycles. The van der Waals surface area contributed by atoms with Gasteiger partial charge in [-0.25, -0.2) is 0 Å². The average molecular weight is 501 g/mol. The van der Waals surface area contributed by atoms with Crippen LogP contribution in [0.15, 0.2) is 11.6 Å². The maximum Gasteiger partial charge on any atom is 0.306 e. The van der Waals surface area contributed by atoms with Gasteiger partial charge in [-0.1, -0.05) is 67.4 Å². The lowest BCUT2D eigenvalue weighted by Gasteiger charge is -2.70. The van der Waals surface area contributed by atoms with E-state index in [1.807, 2.05) is 6.08 Å². The number of ether oxygens (including phenoxy) is 1. The number of rotatable bonds is 6. The van der Waals surface area contributed by atoms with Crippen molar-refractivity contribution in [2.75, 3.05) is 0 Å². The molecular weight excluding hydrogens is 448 g/mol. The number of allylic oxidation sites excluding steroid dienone is 1. The van der Waals surface area contributed by atoms with Crippen LogP contribution in [0.25, 0.3) is 0 Å². The van der Waals surface area contributed by atoms with Gasteiger partial charge in [-0.2, -0.15) is 0 Å². The number of hydrogen-bond donors (Lipinski definition) is 1. The highest BCUT2D eigenvalue weighted by molar-refractivity contribution is 5.94. The third kappa shape index (κ3) is 4.12. The fourth-order valence-electron chi connectivity index (χ4n) is 9.99. The normalized spacial score (nSPS) is 46.3. The molecule has 0 aliphatic heterocycles. The van der Waals surface area contributed by atoms with Crippen molar-refractivity contribution in [2.24, 2.45) is 45.3 Å². The van der Waals surface area contributed by atoms with Crippen LogP contribution in [-0.2, 0) is 14.3 Å². The van der Waals surface area contributed by atoms with Crippen LogP contribution in [0.1, 0.15) is 120 Å². The number of carbonyl (C=O) groups is 2.